The van der Waals surface area contributed by atoms with Crippen LogP contribution in [-0.4, -0.2) is 4.40 Å². The Morgan fingerprint density at radius 3 is 2.34 bits per heavy atom. The van der Waals surface area contributed by atoms with Gasteiger partial charge in [0.05, 0.1) is 28.2 Å². The number of nitriles is 1. The molecule has 0 aliphatic rings. The van der Waals surface area contributed by atoms with Gasteiger partial charge in [0.25, 0.3) is 0 Å². The van der Waals surface area contributed by atoms with E-state index in [4.69, 9.17) is 0 Å². The lowest BCUT2D eigenvalue weighted by Gasteiger charge is -2.08. The van der Waals surface area contributed by atoms with Crippen LogP contribution in [0.5, 0.6) is 0 Å². The van der Waals surface area contributed by atoms with Crippen molar-refractivity contribution >= 4 is 48.9 Å². The van der Waals surface area contributed by atoms with Crippen LogP contribution in [0, 0.1) is 18.3 Å². The molecular formula is C30H18N2. The standard InChI is InChI=1S/C30H18N2/c1-18-10-11-19(17-31)14-24(18)21-12-13-28-26(16-21)29-22-7-3-2-6-20(22)15-25-23-8-4-5-9-27(23)32(28)30(25)29/h2-16H,1H3. The predicted molar refractivity (Wildman–Crippen MR) is 133 cm³/mol. The molecular weight excluding hydrogens is 388 g/mol. The van der Waals surface area contributed by atoms with E-state index in [-0.39, 0.29) is 0 Å². The van der Waals surface area contributed by atoms with Crippen LogP contribution in [0.15, 0.2) is 91.0 Å². The summed E-state index contributed by atoms with van der Waals surface area (Å²) >= 11 is 0. The normalized spacial score (nSPS) is 11.9. The Bertz CT molecular complexity index is 1900. The number of rotatable bonds is 1. The van der Waals surface area contributed by atoms with Gasteiger partial charge < -0.3 is 4.40 Å². The van der Waals surface area contributed by atoms with E-state index in [0.29, 0.717) is 5.56 Å². The Labute approximate surface area is 184 Å². The quantitative estimate of drug-likeness (QED) is 0.273. The highest BCUT2D eigenvalue weighted by Crippen LogP contribution is 2.43. The van der Waals surface area contributed by atoms with Gasteiger partial charge in [-0.3, -0.25) is 0 Å². The summed E-state index contributed by atoms with van der Waals surface area (Å²) in [5.74, 6) is 0. The average Bonchev–Trinajstić information content (AvgIpc) is 3.35. The lowest BCUT2D eigenvalue weighted by atomic mass is 9.95. The van der Waals surface area contributed by atoms with Gasteiger partial charge >= 0.3 is 0 Å². The van der Waals surface area contributed by atoms with Crippen molar-refractivity contribution in [3.63, 3.8) is 0 Å². The maximum Gasteiger partial charge on any atom is 0.0991 e. The van der Waals surface area contributed by atoms with E-state index in [2.05, 4.69) is 90.2 Å². The molecule has 0 spiro atoms. The SMILES string of the molecule is Cc1ccc(C#N)cc1-c1ccc2c(c1)c1c3ccccc3cc3c4ccccc4n2c31. The minimum absolute atomic E-state index is 0.691. The molecule has 2 aromatic heterocycles. The van der Waals surface area contributed by atoms with Gasteiger partial charge in [0.2, 0.25) is 0 Å². The molecule has 0 saturated heterocycles. The van der Waals surface area contributed by atoms with Crippen molar-refractivity contribution in [1.82, 2.24) is 4.40 Å². The van der Waals surface area contributed by atoms with Crippen LogP contribution < -0.4 is 0 Å². The summed E-state index contributed by atoms with van der Waals surface area (Å²) < 4.78 is 2.42. The first kappa shape index (κ1) is 17.3. The summed E-state index contributed by atoms with van der Waals surface area (Å²) in [6.07, 6.45) is 0. The molecule has 0 aliphatic heterocycles. The van der Waals surface area contributed by atoms with E-state index in [1.165, 1.54) is 54.4 Å². The lowest BCUT2D eigenvalue weighted by Crippen LogP contribution is -1.86. The maximum atomic E-state index is 9.41. The summed E-state index contributed by atoms with van der Waals surface area (Å²) in [5, 5.41) is 17.1. The maximum absolute atomic E-state index is 9.41. The van der Waals surface area contributed by atoms with Crippen LogP contribution in [-0.2, 0) is 0 Å². The van der Waals surface area contributed by atoms with Crippen LogP contribution >= 0.6 is 0 Å². The molecule has 7 rings (SSSR count). The molecule has 7 aromatic rings. The minimum atomic E-state index is 0.691. The molecule has 148 valence electrons. The molecule has 0 fully saturated rings. The van der Waals surface area contributed by atoms with Gasteiger partial charge in [0.1, 0.15) is 0 Å². The Morgan fingerprint density at radius 2 is 1.47 bits per heavy atom. The fraction of sp³-hybridized carbons (Fsp3) is 0.0333. The van der Waals surface area contributed by atoms with Gasteiger partial charge in [0, 0.05) is 21.5 Å². The Morgan fingerprint density at radius 1 is 0.688 bits per heavy atom. The zero-order valence-corrected chi connectivity index (χ0v) is 17.6. The van der Waals surface area contributed by atoms with Crippen molar-refractivity contribution in [3.05, 3.63) is 102 Å². The van der Waals surface area contributed by atoms with Crippen LogP contribution in [0.1, 0.15) is 11.1 Å². The van der Waals surface area contributed by atoms with Crippen LogP contribution in [0.2, 0.25) is 0 Å². The van der Waals surface area contributed by atoms with E-state index in [1.807, 2.05) is 18.2 Å². The minimum Gasteiger partial charge on any atom is -0.308 e. The molecule has 2 heteroatoms. The highest BCUT2D eigenvalue weighted by Gasteiger charge is 2.20. The second kappa shape index (κ2) is 6.09. The van der Waals surface area contributed by atoms with Crippen LogP contribution in [0.4, 0.5) is 0 Å². The van der Waals surface area contributed by atoms with Gasteiger partial charge in [-0.25, -0.2) is 0 Å². The Kier molecular flexibility index (Phi) is 3.30. The molecule has 0 aliphatic carbocycles. The lowest BCUT2D eigenvalue weighted by molar-refractivity contribution is 1.37. The number of hydrogen-bond acceptors (Lipinski definition) is 1. The van der Waals surface area contributed by atoms with Gasteiger partial charge in [-0.15, -0.1) is 0 Å². The molecule has 0 amide bonds. The number of hydrogen-bond donors (Lipinski definition) is 0. The topological polar surface area (TPSA) is 28.2 Å². The third-order valence-electron chi connectivity index (χ3n) is 6.87. The zero-order valence-electron chi connectivity index (χ0n) is 17.6. The number of benzene rings is 5. The first-order valence-corrected chi connectivity index (χ1v) is 10.9. The first-order chi connectivity index (χ1) is 15.7. The van der Waals surface area contributed by atoms with Gasteiger partial charge in [-0.05, 0) is 70.8 Å². The van der Waals surface area contributed by atoms with E-state index in [9.17, 15) is 5.26 Å². The van der Waals surface area contributed by atoms with Gasteiger partial charge in [0.15, 0.2) is 0 Å². The fourth-order valence-corrected chi connectivity index (χ4v) is 5.42. The van der Waals surface area contributed by atoms with E-state index >= 15 is 0 Å². The van der Waals surface area contributed by atoms with Crippen molar-refractivity contribution in [2.24, 2.45) is 0 Å². The first-order valence-electron chi connectivity index (χ1n) is 10.9. The number of aromatic nitrogens is 1. The van der Waals surface area contributed by atoms with E-state index < -0.39 is 0 Å². The summed E-state index contributed by atoms with van der Waals surface area (Å²) in [4.78, 5) is 0. The summed E-state index contributed by atoms with van der Waals surface area (Å²) in [6, 6.07) is 34.6. The second-order valence-electron chi connectivity index (χ2n) is 8.59. The van der Waals surface area contributed by atoms with Crippen molar-refractivity contribution in [1.29, 1.82) is 5.26 Å². The number of aryl methyl sites for hydroxylation is 1. The molecule has 32 heavy (non-hydrogen) atoms. The predicted octanol–water partition coefficient (Wildman–Crippen LogP) is 7.84. The third-order valence-corrected chi connectivity index (χ3v) is 6.87. The fourth-order valence-electron chi connectivity index (χ4n) is 5.42. The van der Waals surface area contributed by atoms with Crippen molar-refractivity contribution in [2.45, 2.75) is 6.92 Å². The van der Waals surface area contributed by atoms with Crippen molar-refractivity contribution < 1.29 is 0 Å². The van der Waals surface area contributed by atoms with Gasteiger partial charge in [-0.1, -0.05) is 54.6 Å². The van der Waals surface area contributed by atoms with Crippen LogP contribution in [0.25, 0.3) is 60.0 Å². The Hall–Kier alpha value is -4.35. The molecule has 0 N–H and O–H groups in total. The summed E-state index contributed by atoms with van der Waals surface area (Å²) in [6.45, 7) is 2.11. The smallest absolute Gasteiger partial charge is 0.0991 e. The molecule has 0 bridgehead atoms. The summed E-state index contributed by atoms with van der Waals surface area (Å²) in [7, 11) is 0. The molecule has 5 aromatic carbocycles. The van der Waals surface area contributed by atoms with Gasteiger partial charge in [-0.2, -0.15) is 5.26 Å². The van der Waals surface area contributed by atoms with E-state index in [0.717, 1.165) is 11.1 Å². The van der Waals surface area contributed by atoms with Crippen molar-refractivity contribution in [3.8, 4) is 17.2 Å². The number of nitrogens with zero attached hydrogens (tertiary/aromatic N) is 2. The second-order valence-corrected chi connectivity index (χ2v) is 8.59. The monoisotopic (exact) mass is 406 g/mol. The zero-order chi connectivity index (χ0) is 21.4. The molecule has 0 atom stereocenters. The van der Waals surface area contributed by atoms with Crippen LogP contribution in [0.3, 0.4) is 0 Å². The average molecular weight is 406 g/mol. The molecule has 0 radical (unpaired) electrons. The third kappa shape index (κ3) is 2.12. The summed E-state index contributed by atoms with van der Waals surface area (Å²) in [5.41, 5.74) is 7.89. The molecule has 2 nitrogen and oxygen atoms in total. The molecule has 0 saturated carbocycles. The number of fused-ring (bicyclic) bond motifs is 8. The molecule has 2 heterocycles. The Balaban J connectivity index is 1.71. The highest BCUT2D eigenvalue weighted by atomic mass is 14.9. The largest absolute Gasteiger partial charge is 0.308 e. The molecule has 0 unspecified atom stereocenters. The highest BCUT2D eigenvalue weighted by molar-refractivity contribution is 6.31. The number of para-hydroxylation sites is 1. The van der Waals surface area contributed by atoms with E-state index in [1.54, 1.807) is 0 Å². The van der Waals surface area contributed by atoms with Crippen molar-refractivity contribution in [2.75, 3.05) is 0 Å².